The molecule has 22 heavy (non-hydrogen) atoms. The molecule has 2 rings (SSSR count). The van der Waals surface area contributed by atoms with Crippen LogP contribution in [0.5, 0.6) is 0 Å². The quantitative estimate of drug-likeness (QED) is 0.657. The molecular formula is C15H22ClN3O3. The summed E-state index contributed by atoms with van der Waals surface area (Å²) in [5.41, 5.74) is 1.04. The minimum absolute atomic E-state index is 0. The molecule has 0 saturated carbocycles. The first-order valence-corrected chi connectivity index (χ1v) is 7.15. The zero-order valence-corrected chi connectivity index (χ0v) is 13.7. The SMILES string of the molecule is Cc1cc(C(=O)NCC2(C)CCCNC2)cc([N+](=O)[O-])c1.Cl. The molecule has 0 aromatic heterocycles. The van der Waals surface area contributed by atoms with Crippen molar-refractivity contribution in [1.29, 1.82) is 0 Å². The Morgan fingerprint density at radius 2 is 2.18 bits per heavy atom. The number of halogens is 1. The van der Waals surface area contributed by atoms with Crippen molar-refractivity contribution in [1.82, 2.24) is 10.6 Å². The molecule has 1 saturated heterocycles. The summed E-state index contributed by atoms with van der Waals surface area (Å²) in [5.74, 6) is -0.256. The van der Waals surface area contributed by atoms with Gasteiger partial charge in [0, 0.05) is 30.8 Å². The number of carbonyl (C=O) groups excluding carboxylic acids is 1. The van der Waals surface area contributed by atoms with Crippen LogP contribution in [-0.2, 0) is 0 Å². The van der Waals surface area contributed by atoms with Gasteiger partial charge in [0.15, 0.2) is 0 Å². The molecule has 1 aromatic carbocycles. The van der Waals surface area contributed by atoms with Gasteiger partial charge in [0.05, 0.1) is 4.92 Å². The summed E-state index contributed by atoms with van der Waals surface area (Å²) in [6, 6.07) is 4.46. The van der Waals surface area contributed by atoms with Crippen LogP contribution in [0.15, 0.2) is 18.2 Å². The second-order valence-electron chi connectivity index (χ2n) is 6.09. The fourth-order valence-electron chi connectivity index (χ4n) is 2.66. The van der Waals surface area contributed by atoms with Crippen LogP contribution < -0.4 is 10.6 Å². The molecule has 1 aliphatic heterocycles. The van der Waals surface area contributed by atoms with Gasteiger partial charge in [-0.2, -0.15) is 0 Å². The Bertz CT molecular complexity index is 557. The summed E-state index contributed by atoms with van der Waals surface area (Å²) in [7, 11) is 0. The molecule has 1 amide bonds. The van der Waals surface area contributed by atoms with E-state index in [4.69, 9.17) is 0 Å². The van der Waals surface area contributed by atoms with Crippen LogP contribution in [0.3, 0.4) is 0 Å². The molecule has 122 valence electrons. The van der Waals surface area contributed by atoms with Crippen LogP contribution in [0.1, 0.15) is 35.7 Å². The van der Waals surface area contributed by atoms with Crippen LogP contribution in [0.25, 0.3) is 0 Å². The van der Waals surface area contributed by atoms with E-state index in [1.807, 2.05) is 0 Å². The van der Waals surface area contributed by atoms with E-state index >= 15 is 0 Å². The molecule has 0 radical (unpaired) electrons. The summed E-state index contributed by atoms with van der Waals surface area (Å²) < 4.78 is 0. The molecule has 7 heteroatoms. The van der Waals surface area contributed by atoms with Gasteiger partial charge in [-0.05, 0) is 43.4 Å². The van der Waals surface area contributed by atoms with Crippen LogP contribution in [0, 0.1) is 22.5 Å². The molecule has 0 bridgehead atoms. The average Bonchev–Trinajstić information content (AvgIpc) is 2.45. The highest BCUT2D eigenvalue weighted by Gasteiger charge is 2.27. The Kier molecular flexibility index (Phi) is 6.32. The number of nitro groups is 1. The third kappa shape index (κ3) is 4.68. The van der Waals surface area contributed by atoms with E-state index in [1.165, 1.54) is 12.1 Å². The first kappa shape index (κ1) is 18.4. The highest BCUT2D eigenvalue weighted by atomic mass is 35.5. The molecule has 2 N–H and O–H groups in total. The third-order valence-electron chi connectivity index (χ3n) is 3.90. The molecule has 1 unspecified atom stereocenters. The lowest BCUT2D eigenvalue weighted by molar-refractivity contribution is -0.384. The number of nitro benzene ring substituents is 1. The van der Waals surface area contributed by atoms with Gasteiger partial charge >= 0.3 is 0 Å². The van der Waals surface area contributed by atoms with Gasteiger partial charge in [0.2, 0.25) is 0 Å². The number of rotatable bonds is 4. The van der Waals surface area contributed by atoms with E-state index in [1.54, 1.807) is 13.0 Å². The van der Waals surface area contributed by atoms with Gasteiger partial charge in [-0.15, -0.1) is 12.4 Å². The molecular weight excluding hydrogens is 306 g/mol. The van der Waals surface area contributed by atoms with Crippen molar-refractivity contribution in [3.63, 3.8) is 0 Å². The zero-order valence-electron chi connectivity index (χ0n) is 12.8. The summed E-state index contributed by atoms with van der Waals surface area (Å²) in [6.07, 6.45) is 2.16. The van der Waals surface area contributed by atoms with E-state index in [-0.39, 0.29) is 29.4 Å². The van der Waals surface area contributed by atoms with E-state index in [0.29, 0.717) is 17.7 Å². The lowest BCUT2D eigenvalue weighted by Crippen LogP contribution is -2.45. The number of piperidine rings is 1. The number of carbonyl (C=O) groups is 1. The third-order valence-corrected chi connectivity index (χ3v) is 3.90. The molecule has 1 aliphatic rings. The van der Waals surface area contributed by atoms with Crippen molar-refractivity contribution in [3.05, 3.63) is 39.4 Å². The maximum atomic E-state index is 12.2. The van der Waals surface area contributed by atoms with E-state index in [0.717, 1.165) is 25.9 Å². The fraction of sp³-hybridized carbons (Fsp3) is 0.533. The number of hydrogen-bond acceptors (Lipinski definition) is 4. The van der Waals surface area contributed by atoms with Crippen LogP contribution in [-0.4, -0.2) is 30.5 Å². The predicted molar refractivity (Wildman–Crippen MR) is 87.6 cm³/mol. The first-order valence-electron chi connectivity index (χ1n) is 7.15. The standard InChI is InChI=1S/C15H21N3O3.ClH/c1-11-6-12(8-13(7-11)18(20)21)14(19)17-10-15(2)4-3-5-16-9-15;/h6-8,16H,3-5,9-10H2,1-2H3,(H,17,19);1H. The number of nitrogens with zero attached hydrogens (tertiary/aromatic N) is 1. The van der Waals surface area contributed by atoms with Crippen molar-refractivity contribution in [2.24, 2.45) is 5.41 Å². The van der Waals surface area contributed by atoms with Crippen molar-refractivity contribution in [2.45, 2.75) is 26.7 Å². The molecule has 6 nitrogen and oxygen atoms in total. The molecule has 1 aromatic rings. The second-order valence-corrected chi connectivity index (χ2v) is 6.09. The molecule has 1 heterocycles. The van der Waals surface area contributed by atoms with Crippen LogP contribution in [0.2, 0.25) is 0 Å². The molecule has 0 spiro atoms. The topological polar surface area (TPSA) is 84.3 Å². The highest BCUT2D eigenvalue weighted by molar-refractivity contribution is 5.95. The Morgan fingerprint density at radius 3 is 2.77 bits per heavy atom. The monoisotopic (exact) mass is 327 g/mol. The van der Waals surface area contributed by atoms with Gasteiger partial charge in [0.1, 0.15) is 0 Å². The largest absolute Gasteiger partial charge is 0.351 e. The highest BCUT2D eigenvalue weighted by Crippen LogP contribution is 2.24. The Balaban J connectivity index is 0.00000242. The van der Waals surface area contributed by atoms with Gasteiger partial charge < -0.3 is 10.6 Å². The van der Waals surface area contributed by atoms with Gasteiger partial charge in [-0.25, -0.2) is 0 Å². The van der Waals surface area contributed by atoms with Crippen molar-refractivity contribution < 1.29 is 9.72 Å². The van der Waals surface area contributed by atoms with Crippen molar-refractivity contribution in [2.75, 3.05) is 19.6 Å². The second kappa shape index (κ2) is 7.56. The lowest BCUT2D eigenvalue weighted by Gasteiger charge is -2.34. The first-order chi connectivity index (χ1) is 9.89. The normalized spacial score (nSPS) is 20.8. The maximum absolute atomic E-state index is 12.2. The summed E-state index contributed by atoms with van der Waals surface area (Å²) >= 11 is 0. The van der Waals surface area contributed by atoms with E-state index in [9.17, 15) is 14.9 Å². The maximum Gasteiger partial charge on any atom is 0.270 e. The minimum atomic E-state index is -0.476. The average molecular weight is 328 g/mol. The number of hydrogen-bond donors (Lipinski definition) is 2. The molecule has 0 aliphatic carbocycles. The number of benzene rings is 1. The van der Waals surface area contributed by atoms with Gasteiger partial charge in [0.25, 0.3) is 11.6 Å². The van der Waals surface area contributed by atoms with Gasteiger partial charge in [-0.1, -0.05) is 6.92 Å². The van der Waals surface area contributed by atoms with Crippen molar-refractivity contribution in [3.8, 4) is 0 Å². The van der Waals surface area contributed by atoms with E-state index in [2.05, 4.69) is 17.6 Å². The predicted octanol–water partition coefficient (Wildman–Crippen LogP) is 2.44. The van der Waals surface area contributed by atoms with E-state index < -0.39 is 4.92 Å². The number of non-ortho nitro benzene ring substituents is 1. The summed E-state index contributed by atoms with van der Waals surface area (Å²) in [6.45, 7) is 6.35. The number of nitrogens with one attached hydrogen (secondary N) is 2. The Labute approximate surface area is 136 Å². The van der Waals surface area contributed by atoms with Gasteiger partial charge in [-0.3, -0.25) is 14.9 Å². The summed E-state index contributed by atoms with van der Waals surface area (Å²) in [4.78, 5) is 22.6. The Hall–Kier alpha value is -1.66. The molecule has 1 atom stereocenters. The van der Waals surface area contributed by atoms with Crippen LogP contribution in [0.4, 0.5) is 5.69 Å². The fourth-order valence-corrected chi connectivity index (χ4v) is 2.66. The summed E-state index contributed by atoms with van der Waals surface area (Å²) in [5, 5.41) is 17.1. The lowest BCUT2D eigenvalue weighted by atomic mass is 9.83. The molecule has 1 fully saturated rings. The Morgan fingerprint density at radius 1 is 1.45 bits per heavy atom. The smallest absolute Gasteiger partial charge is 0.270 e. The minimum Gasteiger partial charge on any atom is -0.351 e. The van der Waals surface area contributed by atoms with Crippen LogP contribution >= 0.6 is 12.4 Å². The zero-order chi connectivity index (χ0) is 15.5. The number of amides is 1. The number of aryl methyl sites for hydroxylation is 1. The van der Waals surface area contributed by atoms with Crippen molar-refractivity contribution >= 4 is 24.0 Å².